The summed E-state index contributed by atoms with van der Waals surface area (Å²) in [6.07, 6.45) is 5.66. The first kappa shape index (κ1) is 14.7. The van der Waals surface area contributed by atoms with Gasteiger partial charge in [0.15, 0.2) is 0 Å². The lowest BCUT2D eigenvalue weighted by Gasteiger charge is -2.40. The molecule has 1 heterocycles. The summed E-state index contributed by atoms with van der Waals surface area (Å²) >= 11 is 0. The van der Waals surface area contributed by atoms with Gasteiger partial charge in [-0.2, -0.15) is 0 Å². The summed E-state index contributed by atoms with van der Waals surface area (Å²) in [6, 6.07) is 0. The maximum Gasteiger partial charge on any atom is 0.0531 e. The second-order valence-corrected chi connectivity index (χ2v) is 5.21. The molecule has 0 aromatic heterocycles. The van der Waals surface area contributed by atoms with E-state index in [1.165, 1.54) is 19.3 Å². The zero-order valence-corrected chi connectivity index (χ0v) is 11.5. The van der Waals surface area contributed by atoms with Crippen LogP contribution in [0.2, 0.25) is 0 Å². The SMILES string of the molecule is C=CCN(CCC)CC1(COC)CCNCC1. The number of rotatable bonds is 8. The molecule has 1 aliphatic heterocycles. The van der Waals surface area contributed by atoms with Crippen molar-refractivity contribution >= 4 is 0 Å². The van der Waals surface area contributed by atoms with E-state index in [0.717, 1.165) is 39.3 Å². The Morgan fingerprint density at radius 3 is 2.65 bits per heavy atom. The summed E-state index contributed by atoms with van der Waals surface area (Å²) in [5.41, 5.74) is 0.345. The monoisotopic (exact) mass is 240 g/mol. The lowest BCUT2D eigenvalue weighted by molar-refractivity contribution is 0.0251. The highest BCUT2D eigenvalue weighted by Crippen LogP contribution is 2.30. The van der Waals surface area contributed by atoms with Crippen molar-refractivity contribution in [2.75, 3.05) is 46.4 Å². The van der Waals surface area contributed by atoms with Gasteiger partial charge >= 0.3 is 0 Å². The number of ether oxygens (including phenoxy) is 1. The van der Waals surface area contributed by atoms with E-state index in [1.807, 2.05) is 13.2 Å². The van der Waals surface area contributed by atoms with Crippen molar-refractivity contribution in [1.82, 2.24) is 10.2 Å². The fourth-order valence-electron chi connectivity index (χ4n) is 2.82. The number of nitrogens with one attached hydrogen (secondary N) is 1. The molecule has 0 aliphatic carbocycles. The van der Waals surface area contributed by atoms with Crippen molar-refractivity contribution < 1.29 is 4.74 Å². The first-order chi connectivity index (χ1) is 8.26. The Hall–Kier alpha value is -0.380. The maximum atomic E-state index is 5.46. The molecule has 0 spiro atoms. The minimum Gasteiger partial charge on any atom is -0.384 e. The van der Waals surface area contributed by atoms with Crippen molar-refractivity contribution in [3.05, 3.63) is 12.7 Å². The molecule has 3 heteroatoms. The molecule has 0 bridgehead atoms. The van der Waals surface area contributed by atoms with Gasteiger partial charge in [-0.3, -0.25) is 4.90 Å². The fraction of sp³-hybridized carbons (Fsp3) is 0.857. The zero-order chi connectivity index (χ0) is 12.6. The van der Waals surface area contributed by atoms with Crippen molar-refractivity contribution in [2.45, 2.75) is 26.2 Å². The highest BCUT2D eigenvalue weighted by Gasteiger charge is 2.33. The number of nitrogens with zero attached hydrogens (tertiary/aromatic N) is 1. The summed E-state index contributed by atoms with van der Waals surface area (Å²) in [5.74, 6) is 0. The number of methoxy groups -OCH3 is 1. The zero-order valence-electron chi connectivity index (χ0n) is 11.5. The standard InChI is InChI=1S/C14H28N2O/c1-4-10-16(11-5-2)12-14(13-17-3)6-8-15-9-7-14/h4,15H,1,5-13H2,2-3H3. The molecule has 0 unspecified atom stereocenters. The van der Waals surface area contributed by atoms with Gasteiger partial charge in [-0.25, -0.2) is 0 Å². The van der Waals surface area contributed by atoms with Gasteiger partial charge < -0.3 is 10.1 Å². The summed E-state index contributed by atoms with van der Waals surface area (Å²) in [5, 5.41) is 3.44. The van der Waals surface area contributed by atoms with Crippen LogP contribution in [0.4, 0.5) is 0 Å². The average molecular weight is 240 g/mol. The van der Waals surface area contributed by atoms with E-state index in [4.69, 9.17) is 4.74 Å². The normalized spacial score (nSPS) is 19.5. The summed E-state index contributed by atoms with van der Waals surface area (Å²) in [6.45, 7) is 12.5. The molecular formula is C14H28N2O. The van der Waals surface area contributed by atoms with Gasteiger partial charge in [-0.1, -0.05) is 13.0 Å². The third-order valence-corrected chi connectivity index (χ3v) is 3.60. The lowest BCUT2D eigenvalue weighted by atomic mass is 9.79. The van der Waals surface area contributed by atoms with Crippen LogP contribution in [-0.4, -0.2) is 51.3 Å². The van der Waals surface area contributed by atoms with Gasteiger partial charge in [0.05, 0.1) is 6.61 Å². The van der Waals surface area contributed by atoms with Crippen molar-refractivity contribution in [1.29, 1.82) is 0 Å². The second-order valence-electron chi connectivity index (χ2n) is 5.21. The Morgan fingerprint density at radius 1 is 1.41 bits per heavy atom. The molecule has 1 N–H and O–H groups in total. The molecule has 0 aromatic carbocycles. The Balaban J connectivity index is 2.58. The number of piperidine rings is 1. The molecule has 100 valence electrons. The number of hydrogen-bond donors (Lipinski definition) is 1. The molecule has 0 radical (unpaired) electrons. The predicted molar refractivity (Wildman–Crippen MR) is 73.3 cm³/mol. The van der Waals surface area contributed by atoms with Gasteiger partial charge in [0.2, 0.25) is 0 Å². The Morgan fingerprint density at radius 2 is 2.12 bits per heavy atom. The summed E-state index contributed by atoms with van der Waals surface area (Å²) in [4.78, 5) is 2.51. The smallest absolute Gasteiger partial charge is 0.0531 e. The highest BCUT2D eigenvalue weighted by atomic mass is 16.5. The quantitative estimate of drug-likeness (QED) is 0.656. The third-order valence-electron chi connectivity index (χ3n) is 3.60. The van der Waals surface area contributed by atoms with Crippen molar-refractivity contribution in [3.63, 3.8) is 0 Å². The molecule has 3 nitrogen and oxygen atoms in total. The Bertz CT molecular complexity index is 207. The predicted octanol–water partition coefficient (Wildman–Crippen LogP) is 1.90. The van der Waals surface area contributed by atoms with Crippen LogP contribution in [0.15, 0.2) is 12.7 Å². The lowest BCUT2D eigenvalue weighted by Crippen LogP contribution is -2.47. The first-order valence-electron chi connectivity index (χ1n) is 6.79. The molecule has 0 aromatic rings. The average Bonchev–Trinajstić information content (AvgIpc) is 2.31. The van der Waals surface area contributed by atoms with Crippen LogP contribution in [0.1, 0.15) is 26.2 Å². The molecule has 1 fully saturated rings. The van der Waals surface area contributed by atoms with E-state index in [-0.39, 0.29) is 0 Å². The molecule has 1 saturated heterocycles. The van der Waals surface area contributed by atoms with Crippen LogP contribution in [0.5, 0.6) is 0 Å². The van der Waals surface area contributed by atoms with Crippen LogP contribution in [-0.2, 0) is 4.74 Å². The van der Waals surface area contributed by atoms with Gasteiger partial charge in [-0.05, 0) is 38.9 Å². The third kappa shape index (κ3) is 4.78. The second kappa shape index (κ2) is 7.85. The Kier molecular flexibility index (Phi) is 6.78. The molecule has 1 rings (SSSR count). The molecule has 0 atom stereocenters. The van der Waals surface area contributed by atoms with E-state index >= 15 is 0 Å². The fourth-order valence-corrected chi connectivity index (χ4v) is 2.82. The number of hydrogen-bond acceptors (Lipinski definition) is 3. The van der Waals surface area contributed by atoms with Crippen LogP contribution in [0.3, 0.4) is 0 Å². The molecular weight excluding hydrogens is 212 g/mol. The first-order valence-corrected chi connectivity index (χ1v) is 6.79. The van der Waals surface area contributed by atoms with E-state index in [2.05, 4.69) is 23.7 Å². The summed E-state index contributed by atoms with van der Waals surface area (Å²) < 4.78 is 5.46. The van der Waals surface area contributed by atoms with Gasteiger partial charge in [0, 0.05) is 25.6 Å². The minimum atomic E-state index is 0.345. The van der Waals surface area contributed by atoms with Gasteiger partial charge in [-0.15, -0.1) is 6.58 Å². The van der Waals surface area contributed by atoms with Crippen molar-refractivity contribution in [3.8, 4) is 0 Å². The Labute approximate surface area is 106 Å². The summed E-state index contributed by atoms with van der Waals surface area (Å²) in [7, 11) is 1.82. The van der Waals surface area contributed by atoms with E-state index < -0.39 is 0 Å². The van der Waals surface area contributed by atoms with Crippen LogP contribution < -0.4 is 5.32 Å². The molecule has 0 saturated carbocycles. The van der Waals surface area contributed by atoms with E-state index in [0.29, 0.717) is 5.41 Å². The van der Waals surface area contributed by atoms with Gasteiger partial charge in [0.1, 0.15) is 0 Å². The van der Waals surface area contributed by atoms with E-state index in [9.17, 15) is 0 Å². The van der Waals surface area contributed by atoms with Gasteiger partial charge in [0.25, 0.3) is 0 Å². The van der Waals surface area contributed by atoms with Crippen LogP contribution in [0.25, 0.3) is 0 Å². The van der Waals surface area contributed by atoms with Crippen molar-refractivity contribution in [2.24, 2.45) is 5.41 Å². The van der Waals surface area contributed by atoms with Crippen LogP contribution >= 0.6 is 0 Å². The highest BCUT2D eigenvalue weighted by molar-refractivity contribution is 4.89. The topological polar surface area (TPSA) is 24.5 Å². The molecule has 0 amide bonds. The largest absolute Gasteiger partial charge is 0.384 e. The molecule has 17 heavy (non-hydrogen) atoms. The maximum absolute atomic E-state index is 5.46. The van der Waals surface area contributed by atoms with Crippen LogP contribution in [0, 0.1) is 5.41 Å². The minimum absolute atomic E-state index is 0.345. The molecule has 1 aliphatic rings. The van der Waals surface area contributed by atoms with E-state index in [1.54, 1.807) is 0 Å².